The van der Waals surface area contributed by atoms with Crippen LogP contribution in [-0.4, -0.2) is 73.5 Å². The molecule has 7 heteroatoms. The molecule has 7 nitrogen and oxygen atoms in total. The van der Waals surface area contributed by atoms with Crippen LogP contribution >= 0.6 is 0 Å². The maximum absolute atomic E-state index is 12.2. The molecule has 0 spiro atoms. The van der Waals surface area contributed by atoms with Gasteiger partial charge in [-0.25, -0.2) is 0 Å². The number of benzene rings is 1. The minimum absolute atomic E-state index is 0.00230. The average Bonchev–Trinajstić information content (AvgIpc) is 2.67. The molecule has 0 saturated carbocycles. The molecule has 1 heterocycles. The second kappa shape index (κ2) is 9.34. The molecule has 1 fully saturated rings. The molecule has 26 heavy (non-hydrogen) atoms. The van der Waals surface area contributed by atoms with Crippen LogP contribution in [0.25, 0.3) is 5.57 Å². The molecule has 3 N–H and O–H groups in total. The molecule has 1 amide bonds. The summed E-state index contributed by atoms with van der Waals surface area (Å²) in [5.41, 5.74) is 2.51. The first-order valence-electron chi connectivity index (χ1n) is 8.68. The van der Waals surface area contributed by atoms with Crippen molar-refractivity contribution in [3.05, 3.63) is 35.4 Å². The Morgan fingerprint density at radius 2 is 1.88 bits per heavy atom. The Morgan fingerprint density at radius 3 is 2.42 bits per heavy atom. The molecule has 1 aliphatic rings. The third-order valence-corrected chi connectivity index (χ3v) is 4.59. The van der Waals surface area contributed by atoms with Gasteiger partial charge in [-0.05, 0) is 37.2 Å². The number of aliphatic hydroxyl groups is 2. The first-order valence-corrected chi connectivity index (χ1v) is 8.68. The van der Waals surface area contributed by atoms with Gasteiger partial charge in [0.1, 0.15) is 11.6 Å². The number of nitrogens with one attached hydrogen (secondary N) is 1. The van der Waals surface area contributed by atoms with E-state index in [9.17, 15) is 15.2 Å². The van der Waals surface area contributed by atoms with Gasteiger partial charge < -0.3 is 25.3 Å². The van der Waals surface area contributed by atoms with Crippen molar-refractivity contribution in [3.63, 3.8) is 0 Å². The maximum atomic E-state index is 12.2. The van der Waals surface area contributed by atoms with Gasteiger partial charge in [0.05, 0.1) is 12.7 Å². The molecule has 0 bridgehead atoms. The lowest BCUT2D eigenvalue weighted by molar-refractivity contribution is -0.117. The highest BCUT2D eigenvalue weighted by atomic mass is 16.3. The molecule has 2 rings (SSSR count). The van der Waals surface area contributed by atoms with Crippen molar-refractivity contribution in [1.29, 1.82) is 5.26 Å². The average molecular weight is 358 g/mol. The molecule has 1 aromatic carbocycles. The largest absolute Gasteiger partial charge is 0.394 e. The smallest absolute Gasteiger partial charge is 0.262 e. The van der Waals surface area contributed by atoms with Gasteiger partial charge in [0, 0.05) is 38.4 Å². The van der Waals surface area contributed by atoms with Crippen molar-refractivity contribution in [2.24, 2.45) is 0 Å². The molecule has 0 radical (unpaired) electrons. The van der Waals surface area contributed by atoms with Gasteiger partial charge in [0.25, 0.3) is 5.91 Å². The van der Waals surface area contributed by atoms with Crippen molar-refractivity contribution >= 4 is 17.2 Å². The third-order valence-electron chi connectivity index (χ3n) is 4.59. The van der Waals surface area contributed by atoms with E-state index in [0.717, 1.165) is 37.4 Å². The summed E-state index contributed by atoms with van der Waals surface area (Å²) >= 11 is 0. The standard InChI is InChI=1S/C19H26N4O3/c1-14(18(11-20)19(26)21-12-17(25)13-24)15-3-5-16(6-4-15)23-9-7-22(2)8-10-23/h3-6,17,24-25H,7-10,12-13H2,1-2H3,(H,21,26). The number of piperazine rings is 1. The minimum Gasteiger partial charge on any atom is -0.394 e. The zero-order chi connectivity index (χ0) is 19.1. The number of carbonyl (C=O) groups excluding carboxylic acids is 1. The highest BCUT2D eigenvalue weighted by Crippen LogP contribution is 2.23. The topological polar surface area (TPSA) is 99.8 Å². The predicted octanol–water partition coefficient (Wildman–Crippen LogP) is 0.205. The lowest BCUT2D eigenvalue weighted by Crippen LogP contribution is -2.44. The van der Waals surface area contributed by atoms with E-state index < -0.39 is 18.6 Å². The number of nitrogens with zero attached hydrogens (tertiary/aromatic N) is 3. The fraction of sp³-hybridized carbons (Fsp3) is 0.474. The van der Waals surface area contributed by atoms with Crippen LogP contribution in [0.2, 0.25) is 0 Å². The number of hydrogen-bond donors (Lipinski definition) is 3. The van der Waals surface area contributed by atoms with E-state index in [4.69, 9.17) is 5.11 Å². The summed E-state index contributed by atoms with van der Waals surface area (Å²) in [4.78, 5) is 16.8. The Bertz CT molecular complexity index is 686. The Balaban J connectivity index is 2.11. The van der Waals surface area contributed by atoms with Crippen molar-refractivity contribution in [1.82, 2.24) is 10.2 Å². The fourth-order valence-electron chi connectivity index (χ4n) is 2.80. The van der Waals surface area contributed by atoms with Crippen LogP contribution in [0.1, 0.15) is 12.5 Å². The lowest BCUT2D eigenvalue weighted by atomic mass is 10.0. The monoisotopic (exact) mass is 358 g/mol. The molecular formula is C19H26N4O3. The molecule has 140 valence electrons. The number of allylic oxidation sites excluding steroid dienone is 1. The molecule has 0 aliphatic carbocycles. The second-order valence-electron chi connectivity index (χ2n) is 6.50. The number of carbonyl (C=O) groups is 1. The minimum atomic E-state index is -1.04. The number of aliphatic hydroxyl groups excluding tert-OH is 2. The summed E-state index contributed by atoms with van der Waals surface area (Å²) in [6.07, 6.45) is -1.04. The number of likely N-dealkylation sites (N-methyl/N-ethyl adjacent to an activating group) is 1. The fourth-order valence-corrected chi connectivity index (χ4v) is 2.80. The SMILES string of the molecule is CC(=C(C#N)C(=O)NCC(O)CO)c1ccc(N2CCN(C)CC2)cc1. The van der Waals surface area contributed by atoms with Gasteiger partial charge in [-0.15, -0.1) is 0 Å². The predicted molar refractivity (Wildman–Crippen MR) is 100 cm³/mol. The van der Waals surface area contributed by atoms with E-state index in [0.29, 0.717) is 5.57 Å². The van der Waals surface area contributed by atoms with Crippen LogP contribution in [0, 0.1) is 11.3 Å². The number of hydrogen-bond acceptors (Lipinski definition) is 6. The van der Waals surface area contributed by atoms with Crippen LogP contribution in [0.5, 0.6) is 0 Å². The first-order chi connectivity index (χ1) is 12.5. The normalized spacial score (nSPS) is 17.3. The van der Waals surface area contributed by atoms with E-state index in [1.807, 2.05) is 30.3 Å². The van der Waals surface area contributed by atoms with Crippen LogP contribution in [0.15, 0.2) is 29.8 Å². The Morgan fingerprint density at radius 1 is 1.27 bits per heavy atom. The van der Waals surface area contributed by atoms with E-state index in [1.165, 1.54) is 0 Å². The molecule has 1 saturated heterocycles. The molecule has 1 atom stereocenters. The summed E-state index contributed by atoms with van der Waals surface area (Å²) in [5.74, 6) is -0.555. The Hall–Kier alpha value is -2.40. The van der Waals surface area contributed by atoms with Crippen LogP contribution in [0.3, 0.4) is 0 Å². The maximum Gasteiger partial charge on any atom is 0.262 e. The molecule has 1 aliphatic heterocycles. The zero-order valence-electron chi connectivity index (χ0n) is 15.3. The van der Waals surface area contributed by atoms with Crippen molar-refractivity contribution < 1.29 is 15.0 Å². The molecule has 1 aromatic rings. The van der Waals surface area contributed by atoms with Gasteiger partial charge in [0.15, 0.2) is 0 Å². The molecule has 1 unspecified atom stereocenters. The van der Waals surface area contributed by atoms with E-state index in [-0.39, 0.29) is 12.1 Å². The van der Waals surface area contributed by atoms with Crippen LogP contribution in [0.4, 0.5) is 5.69 Å². The van der Waals surface area contributed by atoms with E-state index in [1.54, 1.807) is 6.92 Å². The van der Waals surface area contributed by atoms with Gasteiger partial charge in [-0.3, -0.25) is 4.79 Å². The summed E-state index contributed by atoms with van der Waals surface area (Å²) in [6.45, 7) is 5.19. The number of amides is 1. The van der Waals surface area contributed by atoms with Gasteiger partial charge in [-0.1, -0.05) is 12.1 Å². The van der Waals surface area contributed by atoms with E-state index >= 15 is 0 Å². The van der Waals surface area contributed by atoms with Crippen molar-refractivity contribution in [2.45, 2.75) is 13.0 Å². The molecular weight excluding hydrogens is 332 g/mol. The summed E-state index contributed by atoms with van der Waals surface area (Å²) in [5, 5.41) is 29.9. The van der Waals surface area contributed by atoms with Gasteiger partial charge >= 0.3 is 0 Å². The number of nitriles is 1. The summed E-state index contributed by atoms with van der Waals surface area (Å²) in [7, 11) is 2.11. The van der Waals surface area contributed by atoms with Crippen molar-refractivity contribution in [2.75, 3.05) is 51.3 Å². The van der Waals surface area contributed by atoms with E-state index in [2.05, 4.69) is 22.2 Å². The third kappa shape index (κ3) is 5.05. The lowest BCUT2D eigenvalue weighted by Gasteiger charge is -2.34. The Labute approximate surface area is 154 Å². The quantitative estimate of drug-likeness (QED) is 0.496. The second-order valence-corrected chi connectivity index (χ2v) is 6.50. The first kappa shape index (κ1) is 19.9. The Kier molecular flexibility index (Phi) is 7.16. The van der Waals surface area contributed by atoms with Gasteiger partial charge in [-0.2, -0.15) is 5.26 Å². The van der Waals surface area contributed by atoms with Crippen LogP contribution in [-0.2, 0) is 4.79 Å². The highest BCUT2D eigenvalue weighted by molar-refractivity contribution is 6.04. The molecule has 0 aromatic heterocycles. The zero-order valence-corrected chi connectivity index (χ0v) is 15.3. The highest BCUT2D eigenvalue weighted by Gasteiger charge is 2.17. The summed E-state index contributed by atoms with van der Waals surface area (Å²) in [6, 6.07) is 9.77. The number of rotatable bonds is 6. The van der Waals surface area contributed by atoms with Gasteiger partial charge in [0.2, 0.25) is 0 Å². The van der Waals surface area contributed by atoms with Crippen molar-refractivity contribution in [3.8, 4) is 6.07 Å². The van der Waals surface area contributed by atoms with Crippen LogP contribution < -0.4 is 10.2 Å². The number of anilines is 1. The summed E-state index contributed by atoms with van der Waals surface area (Å²) < 4.78 is 0.